The van der Waals surface area contributed by atoms with Gasteiger partial charge in [0.2, 0.25) is 0 Å². The number of fused-ring (bicyclic) bond motifs is 3. The van der Waals surface area contributed by atoms with Gasteiger partial charge in [-0.15, -0.1) is 11.3 Å². The molecule has 2 aromatic rings. The number of carbonyl (C=O) groups is 1. The molecule has 18 heavy (non-hydrogen) atoms. The highest BCUT2D eigenvalue weighted by atomic mass is 32.1. The Kier molecular flexibility index (Phi) is 2.66. The van der Waals surface area contributed by atoms with Crippen LogP contribution >= 0.6 is 11.3 Å². The first-order chi connectivity index (χ1) is 8.65. The molecule has 1 aliphatic carbocycles. The number of hydrogen-bond acceptors (Lipinski definition) is 5. The number of rotatable bonds is 3. The first-order valence-corrected chi connectivity index (χ1v) is 6.71. The van der Waals surface area contributed by atoms with E-state index < -0.39 is 5.97 Å². The summed E-state index contributed by atoms with van der Waals surface area (Å²) < 4.78 is 0. The lowest BCUT2D eigenvalue weighted by Crippen LogP contribution is -2.14. The number of aromatic nitrogens is 2. The zero-order chi connectivity index (χ0) is 12.7. The van der Waals surface area contributed by atoms with E-state index in [1.54, 1.807) is 11.3 Å². The van der Waals surface area contributed by atoms with Gasteiger partial charge in [-0.2, -0.15) is 0 Å². The molecule has 0 unspecified atom stereocenters. The molecule has 0 amide bonds. The second-order valence-electron chi connectivity index (χ2n) is 4.40. The van der Waals surface area contributed by atoms with Crippen LogP contribution in [0, 0.1) is 6.92 Å². The van der Waals surface area contributed by atoms with Crippen molar-refractivity contribution in [1.29, 1.82) is 0 Å². The van der Waals surface area contributed by atoms with E-state index in [9.17, 15) is 4.79 Å². The van der Waals surface area contributed by atoms with Gasteiger partial charge >= 0.3 is 5.97 Å². The number of carboxylic acids is 1. The summed E-state index contributed by atoms with van der Waals surface area (Å²) in [6, 6.07) is 0. The Balaban J connectivity index is 2.13. The monoisotopic (exact) mass is 263 g/mol. The van der Waals surface area contributed by atoms with Crippen molar-refractivity contribution in [2.24, 2.45) is 0 Å². The topological polar surface area (TPSA) is 75.1 Å². The van der Waals surface area contributed by atoms with E-state index in [1.807, 2.05) is 6.92 Å². The normalized spacial score (nSPS) is 13.8. The Bertz CT molecular complexity index is 636. The third kappa shape index (κ3) is 1.82. The molecule has 0 aliphatic heterocycles. The summed E-state index contributed by atoms with van der Waals surface area (Å²) >= 11 is 1.71. The van der Waals surface area contributed by atoms with E-state index in [1.165, 1.54) is 16.9 Å². The summed E-state index contributed by atoms with van der Waals surface area (Å²) in [5.74, 6) is 0.459. The van der Waals surface area contributed by atoms with Crippen LogP contribution in [0.25, 0.3) is 10.2 Å². The maximum atomic E-state index is 10.7. The Morgan fingerprint density at radius 3 is 3.06 bits per heavy atom. The minimum atomic E-state index is -0.883. The highest BCUT2D eigenvalue weighted by molar-refractivity contribution is 7.19. The van der Waals surface area contributed by atoms with Gasteiger partial charge in [0.1, 0.15) is 23.0 Å². The molecule has 0 fully saturated rings. The van der Waals surface area contributed by atoms with Crippen LogP contribution in [0.1, 0.15) is 22.7 Å². The predicted octanol–water partition coefficient (Wildman–Crippen LogP) is 1.98. The van der Waals surface area contributed by atoms with Gasteiger partial charge in [0.15, 0.2) is 0 Å². The lowest BCUT2D eigenvalue weighted by Gasteiger charge is -2.06. The Hall–Kier alpha value is -1.69. The van der Waals surface area contributed by atoms with Gasteiger partial charge in [-0.05, 0) is 31.7 Å². The maximum absolute atomic E-state index is 10.7. The van der Waals surface area contributed by atoms with Gasteiger partial charge < -0.3 is 10.4 Å². The summed E-state index contributed by atoms with van der Waals surface area (Å²) in [4.78, 5) is 21.8. The van der Waals surface area contributed by atoms with E-state index >= 15 is 0 Å². The van der Waals surface area contributed by atoms with E-state index in [-0.39, 0.29) is 6.54 Å². The minimum Gasteiger partial charge on any atom is -0.480 e. The number of nitrogens with zero attached hydrogens (tertiary/aromatic N) is 2. The summed E-state index contributed by atoms with van der Waals surface area (Å²) in [7, 11) is 0. The van der Waals surface area contributed by atoms with Crippen LogP contribution in [0.3, 0.4) is 0 Å². The van der Waals surface area contributed by atoms with Gasteiger partial charge in [-0.3, -0.25) is 4.79 Å². The Morgan fingerprint density at radius 1 is 1.44 bits per heavy atom. The van der Waals surface area contributed by atoms with Crippen LogP contribution in [0.4, 0.5) is 5.82 Å². The van der Waals surface area contributed by atoms with E-state index in [0.717, 1.165) is 23.1 Å². The summed E-state index contributed by atoms with van der Waals surface area (Å²) in [5, 5.41) is 12.7. The van der Waals surface area contributed by atoms with Gasteiger partial charge in [-0.1, -0.05) is 0 Å². The number of aryl methyl sites for hydroxylation is 3. The fraction of sp³-hybridized carbons (Fsp3) is 0.417. The van der Waals surface area contributed by atoms with Crippen molar-refractivity contribution in [3.05, 3.63) is 16.3 Å². The molecule has 1 aliphatic rings. The maximum Gasteiger partial charge on any atom is 0.322 e. The van der Waals surface area contributed by atoms with Crippen molar-refractivity contribution >= 4 is 33.3 Å². The molecule has 0 spiro atoms. The third-order valence-electron chi connectivity index (χ3n) is 3.08. The Labute approximate surface area is 108 Å². The molecule has 2 N–H and O–H groups in total. The second-order valence-corrected chi connectivity index (χ2v) is 5.49. The molecule has 0 saturated carbocycles. The number of carboxylic acid groups (broad SMARTS) is 1. The summed E-state index contributed by atoms with van der Waals surface area (Å²) in [6.07, 6.45) is 3.32. The quantitative estimate of drug-likeness (QED) is 0.885. The average molecular weight is 263 g/mol. The lowest BCUT2D eigenvalue weighted by atomic mass is 10.2. The van der Waals surface area contributed by atoms with E-state index in [4.69, 9.17) is 5.11 Å². The molecule has 0 bridgehead atoms. The minimum absolute atomic E-state index is 0.115. The summed E-state index contributed by atoms with van der Waals surface area (Å²) in [6.45, 7) is 1.71. The van der Waals surface area contributed by atoms with Gasteiger partial charge in [0, 0.05) is 4.88 Å². The van der Waals surface area contributed by atoms with Crippen molar-refractivity contribution < 1.29 is 9.90 Å². The smallest absolute Gasteiger partial charge is 0.322 e. The molecule has 5 nitrogen and oxygen atoms in total. The molecule has 94 valence electrons. The molecule has 3 rings (SSSR count). The fourth-order valence-electron chi connectivity index (χ4n) is 2.39. The van der Waals surface area contributed by atoms with Gasteiger partial charge in [-0.25, -0.2) is 9.97 Å². The number of hydrogen-bond donors (Lipinski definition) is 2. The molecule has 0 saturated heterocycles. The first kappa shape index (κ1) is 11.4. The van der Waals surface area contributed by atoms with Crippen LogP contribution < -0.4 is 5.32 Å². The number of anilines is 1. The lowest BCUT2D eigenvalue weighted by molar-refractivity contribution is -0.134. The number of nitrogens with one attached hydrogen (secondary N) is 1. The zero-order valence-corrected chi connectivity index (χ0v) is 10.8. The highest BCUT2D eigenvalue weighted by Crippen LogP contribution is 2.39. The largest absolute Gasteiger partial charge is 0.480 e. The highest BCUT2D eigenvalue weighted by Gasteiger charge is 2.21. The predicted molar refractivity (Wildman–Crippen MR) is 70.3 cm³/mol. The first-order valence-electron chi connectivity index (χ1n) is 5.89. The van der Waals surface area contributed by atoms with Crippen molar-refractivity contribution in [2.75, 3.05) is 11.9 Å². The van der Waals surface area contributed by atoms with Crippen molar-refractivity contribution in [2.45, 2.75) is 26.2 Å². The molecule has 0 atom stereocenters. The molecular weight excluding hydrogens is 250 g/mol. The number of thiophene rings is 1. The van der Waals surface area contributed by atoms with Crippen LogP contribution in [0.5, 0.6) is 0 Å². The second kappa shape index (κ2) is 4.20. The SMILES string of the molecule is Cc1nc(NCC(=O)O)c2c3c(sc2n1)CCC3. The van der Waals surface area contributed by atoms with E-state index in [2.05, 4.69) is 15.3 Å². The van der Waals surface area contributed by atoms with Crippen LogP contribution in [0.15, 0.2) is 0 Å². The average Bonchev–Trinajstić information content (AvgIpc) is 2.84. The molecule has 2 aromatic heterocycles. The third-order valence-corrected chi connectivity index (χ3v) is 4.27. The molecular formula is C12H13N3O2S. The molecule has 0 aromatic carbocycles. The molecule has 0 radical (unpaired) electrons. The number of aliphatic carboxylic acids is 1. The van der Waals surface area contributed by atoms with Crippen LogP contribution in [-0.4, -0.2) is 27.6 Å². The molecule has 2 heterocycles. The van der Waals surface area contributed by atoms with Gasteiger partial charge in [0.05, 0.1) is 5.39 Å². The Morgan fingerprint density at radius 2 is 2.28 bits per heavy atom. The summed E-state index contributed by atoms with van der Waals surface area (Å²) in [5.41, 5.74) is 1.31. The van der Waals surface area contributed by atoms with E-state index in [0.29, 0.717) is 11.6 Å². The van der Waals surface area contributed by atoms with Gasteiger partial charge in [0.25, 0.3) is 0 Å². The van der Waals surface area contributed by atoms with Crippen LogP contribution in [0.2, 0.25) is 0 Å². The zero-order valence-electron chi connectivity index (χ0n) is 9.99. The molecule has 6 heteroatoms. The fourth-order valence-corrected chi connectivity index (χ4v) is 3.70. The standard InChI is InChI=1S/C12H13N3O2S/c1-6-14-11(13-5-9(16)17)10-7-3-2-4-8(7)18-12(10)15-6/h2-5H2,1H3,(H,16,17)(H,13,14,15). The van der Waals surface area contributed by atoms with Crippen LogP contribution in [-0.2, 0) is 17.6 Å². The van der Waals surface area contributed by atoms with Crippen molar-refractivity contribution in [3.63, 3.8) is 0 Å². The van der Waals surface area contributed by atoms with Crippen molar-refractivity contribution in [1.82, 2.24) is 9.97 Å². The van der Waals surface area contributed by atoms with Crippen molar-refractivity contribution in [3.8, 4) is 0 Å².